The molecule has 0 aliphatic rings. The van der Waals surface area contributed by atoms with E-state index in [2.05, 4.69) is 32.9 Å². The molecule has 152 valence electrons. The van der Waals surface area contributed by atoms with Gasteiger partial charge in [-0.05, 0) is 82.9 Å². The van der Waals surface area contributed by atoms with Gasteiger partial charge in [-0.2, -0.15) is 8.42 Å². The average molecular weight is 550 g/mol. The predicted molar refractivity (Wildman–Crippen MR) is 126 cm³/mol. The number of rotatable bonds is 6. The van der Waals surface area contributed by atoms with Gasteiger partial charge in [0.1, 0.15) is 4.90 Å². The van der Waals surface area contributed by atoms with E-state index in [0.29, 0.717) is 21.9 Å². The van der Waals surface area contributed by atoms with E-state index in [1.165, 1.54) is 3.97 Å². The van der Waals surface area contributed by atoms with Crippen molar-refractivity contribution < 1.29 is 17.2 Å². The monoisotopic (exact) mass is 550 g/mol. The van der Waals surface area contributed by atoms with Gasteiger partial charge in [-0.3, -0.25) is 4.79 Å². The van der Waals surface area contributed by atoms with Crippen molar-refractivity contribution >= 4 is 67.0 Å². The second-order valence-corrected chi connectivity index (χ2v) is 10.4. The normalized spacial score (nSPS) is 11.5. The van der Waals surface area contributed by atoms with Crippen LogP contribution in [-0.4, -0.2) is 25.1 Å². The molecule has 2 N–H and O–H groups in total. The number of halogens is 1. The molecule has 0 spiro atoms. The first-order chi connectivity index (χ1) is 14.4. The number of carbonyl (C=O) groups is 1. The SMILES string of the molecule is O=C(CSc1[nH]c2ccccc2[n+]1S(=O)(=O)c1ccccc1)Nc1ccc(I)cc1. The summed E-state index contributed by atoms with van der Waals surface area (Å²) in [5.41, 5.74) is 1.90. The lowest BCUT2D eigenvalue weighted by Gasteiger charge is -2.05. The quantitative estimate of drug-likeness (QED) is 0.216. The van der Waals surface area contributed by atoms with Gasteiger partial charge < -0.3 is 5.32 Å². The third kappa shape index (κ3) is 4.37. The molecule has 0 saturated heterocycles. The Morgan fingerprint density at radius 3 is 2.37 bits per heavy atom. The summed E-state index contributed by atoms with van der Waals surface area (Å²) in [6.45, 7) is 0. The number of nitrogens with zero attached hydrogens (tertiary/aromatic N) is 1. The Hall–Kier alpha value is -2.37. The van der Waals surface area contributed by atoms with Crippen molar-refractivity contribution in [2.45, 2.75) is 10.1 Å². The zero-order valence-corrected chi connectivity index (χ0v) is 19.4. The number of imidazole rings is 1. The van der Waals surface area contributed by atoms with Crippen molar-refractivity contribution in [1.29, 1.82) is 0 Å². The maximum atomic E-state index is 13.3. The van der Waals surface area contributed by atoms with Crippen LogP contribution >= 0.6 is 34.4 Å². The Morgan fingerprint density at radius 1 is 0.967 bits per heavy atom. The molecule has 0 fully saturated rings. The predicted octanol–water partition coefficient (Wildman–Crippen LogP) is 4.03. The summed E-state index contributed by atoms with van der Waals surface area (Å²) in [6, 6.07) is 22.9. The molecule has 0 saturated carbocycles. The number of hydrogen-bond donors (Lipinski definition) is 2. The molecule has 30 heavy (non-hydrogen) atoms. The standard InChI is InChI=1S/C21H16IN3O3S2/c22-15-10-12-16(13-11-15)23-20(26)14-29-21-24-18-8-4-5-9-19(18)25(21)30(27,28)17-6-2-1-3-7-17/h1-13H,14H2,(H,23,26)/p+1. The average Bonchev–Trinajstić information content (AvgIpc) is 3.14. The van der Waals surface area contributed by atoms with Crippen LogP contribution in [0.3, 0.4) is 0 Å². The summed E-state index contributed by atoms with van der Waals surface area (Å²) in [5.74, 6) is -0.160. The van der Waals surface area contributed by atoms with Crippen LogP contribution in [0.5, 0.6) is 0 Å². The molecule has 4 aromatic rings. The van der Waals surface area contributed by atoms with Crippen LogP contribution in [0.1, 0.15) is 0 Å². The zero-order valence-electron chi connectivity index (χ0n) is 15.6. The highest BCUT2D eigenvalue weighted by atomic mass is 127. The van der Waals surface area contributed by atoms with Crippen LogP contribution < -0.4 is 9.29 Å². The fraction of sp³-hybridized carbons (Fsp3) is 0.0476. The van der Waals surface area contributed by atoms with Gasteiger partial charge in [0.25, 0.3) is 0 Å². The van der Waals surface area contributed by atoms with Gasteiger partial charge in [0, 0.05) is 9.26 Å². The second kappa shape index (κ2) is 8.78. The molecular weight excluding hydrogens is 533 g/mol. The summed E-state index contributed by atoms with van der Waals surface area (Å²) < 4.78 is 29.0. The van der Waals surface area contributed by atoms with Crippen molar-refractivity contribution in [2.24, 2.45) is 0 Å². The summed E-state index contributed by atoms with van der Waals surface area (Å²) >= 11 is 3.34. The van der Waals surface area contributed by atoms with Crippen molar-refractivity contribution in [3.05, 3.63) is 82.4 Å². The molecule has 0 aliphatic carbocycles. The fourth-order valence-electron chi connectivity index (χ4n) is 2.93. The van der Waals surface area contributed by atoms with E-state index < -0.39 is 10.0 Å². The molecule has 0 unspecified atom stereocenters. The number of aromatic amines is 1. The van der Waals surface area contributed by atoms with Crippen LogP contribution in [0.4, 0.5) is 5.69 Å². The Kier molecular flexibility index (Phi) is 6.11. The van der Waals surface area contributed by atoms with Crippen molar-refractivity contribution in [1.82, 2.24) is 4.98 Å². The number of benzene rings is 3. The summed E-state index contributed by atoms with van der Waals surface area (Å²) in [6.07, 6.45) is 0. The number of aromatic nitrogens is 2. The lowest BCUT2D eigenvalue weighted by atomic mass is 10.3. The molecule has 0 bridgehead atoms. The van der Waals surface area contributed by atoms with Crippen molar-refractivity contribution in [3.63, 3.8) is 0 Å². The third-order valence-corrected chi connectivity index (χ3v) is 7.83. The van der Waals surface area contributed by atoms with E-state index in [1.54, 1.807) is 42.5 Å². The molecular formula is C21H17IN3O3S2+. The largest absolute Gasteiger partial charge is 0.336 e. The van der Waals surface area contributed by atoms with Crippen LogP contribution in [0.25, 0.3) is 11.0 Å². The van der Waals surface area contributed by atoms with E-state index >= 15 is 0 Å². The van der Waals surface area contributed by atoms with Crippen LogP contribution in [0.2, 0.25) is 0 Å². The van der Waals surface area contributed by atoms with E-state index in [4.69, 9.17) is 0 Å². The van der Waals surface area contributed by atoms with E-state index in [-0.39, 0.29) is 16.6 Å². The lowest BCUT2D eigenvalue weighted by molar-refractivity contribution is -0.526. The van der Waals surface area contributed by atoms with Crippen LogP contribution in [-0.2, 0) is 14.8 Å². The zero-order chi connectivity index (χ0) is 21.1. The molecule has 0 aliphatic heterocycles. The highest BCUT2D eigenvalue weighted by molar-refractivity contribution is 14.1. The van der Waals surface area contributed by atoms with E-state index in [9.17, 15) is 13.2 Å². The number of H-pyrrole nitrogens is 1. The Labute approximate surface area is 191 Å². The van der Waals surface area contributed by atoms with Gasteiger partial charge in [0.2, 0.25) is 5.91 Å². The number of nitrogens with one attached hydrogen (secondary N) is 2. The van der Waals surface area contributed by atoms with Crippen molar-refractivity contribution in [3.8, 4) is 0 Å². The van der Waals surface area contributed by atoms with Crippen LogP contribution in [0.15, 0.2) is 88.9 Å². The van der Waals surface area contributed by atoms with Gasteiger partial charge in [-0.15, -0.1) is 3.97 Å². The molecule has 0 radical (unpaired) electrons. The number of hydrogen-bond acceptors (Lipinski definition) is 4. The first-order valence-corrected chi connectivity index (χ1v) is 12.5. The number of para-hydroxylation sites is 2. The minimum Gasteiger partial charge on any atom is -0.325 e. The van der Waals surface area contributed by atoms with Gasteiger partial charge in [0.15, 0.2) is 11.0 Å². The molecule has 1 heterocycles. The first kappa shape index (κ1) is 20.9. The summed E-state index contributed by atoms with van der Waals surface area (Å²) in [5, 5.41) is 3.20. The molecule has 6 nitrogen and oxygen atoms in total. The number of carbonyl (C=O) groups excluding carboxylic acids is 1. The molecule has 1 amide bonds. The summed E-state index contributed by atoms with van der Waals surface area (Å²) in [7, 11) is -3.83. The third-order valence-electron chi connectivity index (χ3n) is 4.30. The Morgan fingerprint density at radius 2 is 1.63 bits per heavy atom. The molecule has 1 aromatic heterocycles. The van der Waals surface area contributed by atoms with Gasteiger partial charge >= 0.3 is 15.2 Å². The van der Waals surface area contributed by atoms with E-state index in [1.807, 2.05) is 36.4 Å². The van der Waals surface area contributed by atoms with Crippen LogP contribution in [0, 0.1) is 3.57 Å². The minimum atomic E-state index is -3.83. The molecule has 0 atom stereocenters. The maximum absolute atomic E-state index is 13.3. The molecule has 4 rings (SSSR count). The smallest absolute Gasteiger partial charge is 0.325 e. The van der Waals surface area contributed by atoms with Crippen molar-refractivity contribution in [2.75, 3.05) is 11.1 Å². The maximum Gasteiger partial charge on any atom is 0.336 e. The highest BCUT2D eigenvalue weighted by Gasteiger charge is 2.31. The van der Waals surface area contributed by atoms with E-state index in [0.717, 1.165) is 15.3 Å². The lowest BCUT2D eigenvalue weighted by Crippen LogP contribution is -2.44. The fourth-order valence-corrected chi connectivity index (χ4v) is 5.87. The number of amides is 1. The first-order valence-electron chi connectivity index (χ1n) is 8.97. The number of thioether (sulfide) groups is 1. The Balaban J connectivity index is 1.64. The molecule has 3 aromatic carbocycles. The highest BCUT2D eigenvalue weighted by Crippen LogP contribution is 2.22. The molecule has 9 heteroatoms. The van der Waals surface area contributed by atoms with Gasteiger partial charge in [-0.1, -0.05) is 30.3 Å². The summed E-state index contributed by atoms with van der Waals surface area (Å²) in [4.78, 5) is 15.7. The number of anilines is 1. The Bertz CT molecular complexity index is 1300. The number of fused-ring (bicyclic) bond motifs is 1. The second-order valence-electron chi connectivity index (χ2n) is 6.37. The van der Waals surface area contributed by atoms with Gasteiger partial charge in [0.05, 0.1) is 5.75 Å². The topological polar surface area (TPSA) is 82.9 Å². The van der Waals surface area contributed by atoms with Gasteiger partial charge in [-0.25, -0.2) is 4.98 Å². The minimum absolute atomic E-state index is 0.0586.